The lowest BCUT2D eigenvalue weighted by atomic mass is 9.85. The molecule has 2 N–H and O–H groups in total. The molecule has 1 fully saturated rings. The number of likely N-dealkylation sites (tertiary alicyclic amines) is 1. The Kier molecular flexibility index (Phi) is 3.96. The highest BCUT2D eigenvalue weighted by atomic mass is 16.3. The standard InChI is InChI=1S/C18H19NO3/c1-19-15(16(20)13-10-6-3-7-11-13)14(17(21)18(19)22)12-8-4-2-5-9-12/h2-11,14-17,20-21H,1H3/t14-,15?,16-,17+/m1/s1. The molecule has 1 saturated heterocycles. The van der Waals surface area contributed by atoms with Crippen LogP contribution in [-0.2, 0) is 4.79 Å². The Morgan fingerprint density at radius 3 is 2.14 bits per heavy atom. The van der Waals surface area contributed by atoms with Gasteiger partial charge in [0.05, 0.1) is 6.04 Å². The first-order valence-electron chi connectivity index (χ1n) is 7.34. The van der Waals surface area contributed by atoms with Crippen molar-refractivity contribution in [3.8, 4) is 0 Å². The minimum absolute atomic E-state index is 0.353. The zero-order chi connectivity index (χ0) is 15.7. The van der Waals surface area contributed by atoms with E-state index in [2.05, 4.69) is 0 Å². The third kappa shape index (κ3) is 2.40. The van der Waals surface area contributed by atoms with Crippen LogP contribution in [0.2, 0.25) is 0 Å². The SMILES string of the molecule is CN1C(=O)[C@@H](O)[C@H](c2ccccc2)C1[C@H](O)c1ccccc1. The second-order valence-electron chi connectivity index (χ2n) is 5.68. The molecule has 1 aliphatic heterocycles. The average molecular weight is 297 g/mol. The maximum absolute atomic E-state index is 12.2. The molecule has 1 aliphatic rings. The molecule has 2 aromatic carbocycles. The molecule has 4 heteroatoms. The van der Waals surface area contributed by atoms with Crippen molar-refractivity contribution < 1.29 is 15.0 Å². The summed E-state index contributed by atoms with van der Waals surface area (Å²) in [6.45, 7) is 0. The van der Waals surface area contributed by atoms with Gasteiger partial charge in [0.25, 0.3) is 5.91 Å². The monoisotopic (exact) mass is 297 g/mol. The van der Waals surface area contributed by atoms with Crippen LogP contribution >= 0.6 is 0 Å². The van der Waals surface area contributed by atoms with E-state index in [-0.39, 0.29) is 5.91 Å². The molecule has 0 bridgehead atoms. The van der Waals surface area contributed by atoms with Gasteiger partial charge in [0.2, 0.25) is 0 Å². The summed E-state index contributed by atoms with van der Waals surface area (Å²) in [5, 5.41) is 21.1. The van der Waals surface area contributed by atoms with Gasteiger partial charge >= 0.3 is 0 Å². The van der Waals surface area contributed by atoms with Crippen molar-refractivity contribution in [3.05, 3.63) is 71.8 Å². The number of hydrogen-bond donors (Lipinski definition) is 2. The Morgan fingerprint density at radius 1 is 1.00 bits per heavy atom. The van der Waals surface area contributed by atoms with Gasteiger partial charge in [-0.2, -0.15) is 0 Å². The lowest BCUT2D eigenvalue weighted by molar-refractivity contribution is -0.135. The molecule has 22 heavy (non-hydrogen) atoms. The lowest BCUT2D eigenvalue weighted by Gasteiger charge is -2.30. The van der Waals surface area contributed by atoms with Crippen LogP contribution in [-0.4, -0.2) is 40.2 Å². The number of hydrogen-bond acceptors (Lipinski definition) is 3. The first kappa shape index (κ1) is 14.8. The van der Waals surface area contributed by atoms with E-state index in [1.807, 2.05) is 60.7 Å². The molecular weight excluding hydrogens is 278 g/mol. The topological polar surface area (TPSA) is 60.8 Å². The van der Waals surface area contributed by atoms with Crippen molar-refractivity contribution >= 4 is 5.91 Å². The molecule has 0 aromatic heterocycles. The Bertz CT molecular complexity index is 644. The molecule has 1 amide bonds. The summed E-state index contributed by atoms with van der Waals surface area (Å²) in [4.78, 5) is 13.7. The van der Waals surface area contributed by atoms with Crippen molar-refractivity contribution in [1.82, 2.24) is 4.90 Å². The highest BCUT2D eigenvalue weighted by molar-refractivity contribution is 5.85. The summed E-state index contributed by atoms with van der Waals surface area (Å²) < 4.78 is 0. The van der Waals surface area contributed by atoms with Gasteiger partial charge in [-0.1, -0.05) is 60.7 Å². The van der Waals surface area contributed by atoms with E-state index < -0.39 is 24.2 Å². The number of amides is 1. The number of rotatable bonds is 3. The van der Waals surface area contributed by atoms with E-state index in [0.717, 1.165) is 11.1 Å². The Balaban J connectivity index is 2.01. The summed E-state index contributed by atoms with van der Waals surface area (Å²) >= 11 is 0. The number of aliphatic hydroxyl groups is 2. The largest absolute Gasteiger partial charge is 0.386 e. The van der Waals surface area contributed by atoms with Gasteiger partial charge in [-0.3, -0.25) is 4.79 Å². The zero-order valence-corrected chi connectivity index (χ0v) is 12.3. The van der Waals surface area contributed by atoms with Crippen LogP contribution < -0.4 is 0 Å². The normalized spacial score (nSPS) is 26.2. The predicted molar refractivity (Wildman–Crippen MR) is 83.1 cm³/mol. The zero-order valence-electron chi connectivity index (χ0n) is 12.3. The molecule has 0 spiro atoms. The van der Waals surface area contributed by atoms with Gasteiger partial charge in [-0.05, 0) is 11.1 Å². The third-order valence-corrected chi connectivity index (χ3v) is 4.41. The molecule has 114 valence electrons. The van der Waals surface area contributed by atoms with E-state index in [1.54, 1.807) is 7.05 Å². The number of benzene rings is 2. The van der Waals surface area contributed by atoms with Crippen LogP contribution in [0.3, 0.4) is 0 Å². The van der Waals surface area contributed by atoms with Gasteiger partial charge in [0.1, 0.15) is 12.2 Å². The smallest absolute Gasteiger partial charge is 0.252 e. The number of aliphatic hydroxyl groups excluding tert-OH is 2. The van der Waals surface area contributed by atoms with Gasteiger partial charge in [-0.25, -0.2) is 0 Å². The first-order chi connectivity index (χ1) is 10.6. The molecular formula is C18H19NO3. The van der Waals surface area contributed by atoms with Crippen LogP contribution in [0.4, 0.5) is 0 Å². The number of likely N-dealkylation sites (N-methyl/N-ethyl adjacent to an activating group) is 1. The van der Waals surface area contributed by atoms with E-state index in [0.29, 0.717) is 0 Å². The minimum Gasteiger partial charge on any atom is -0.386 e. The van der Waals surface area contributed by atoms with E-state index >= 15 is 0 Å². The molecule has 3 rings (SSSR count). The highest BCUT2D eigenvalue weighted by Crippen LogP contribution is 2.40. The summed E-state index contributed by atoms with van der Waals surface area (Å²) in [6, 6.07) is 18.1. The van der Waals surface area contributed by atoms with Crippen LogP contribution in [0.1, 0.15) is 23.1 Å². The fourth-order valence-corrected chi connectivity index (χ4v) is 3.25. The Hall–Kier alpha value is -2.17. The molecule has 0 aliphatic carbocycles. The fraction of sp³-hybridized carbons (Fsp3) is 0.278. The van der Waals surface area contributed by atoms with Crippen molar-refractivity contribution in [3.63, 3.8) is 0 Å². The number of carbonyl (C=O) groups excluding carboxylic acids is 1. The van der Waals surface area contributed by atoms with Crippen molar-refractivity contribution in [2.45, 2.75) is 24.2 Å². The lowest BCUT2D eigenvalue weighted by Crippen LogP contribution is -2.36. The van der Waals surface area contributed by atoms with Crippen molar-refractivity contribution in [2.75, 3.05) is 7.05 Å². The molecule has 1 unspecified atom stereocenters. The van der Waals surface area contributed by atoms with E-state index in [9.17, 15) is 15.0 Å². The van der Waals surface area contributed by atoms with Gasteiger partial charge in [0, 0.05) is 13.0 Å². The second kappa shape index (κ2) is 5.91. The third-order valence-electron chi connectivity index (χ3n) is 4.41. The molecule has 1 heterocycles. The summed E-state index contributed by atoms with van der Waals surface area (Å²) in [6.07, 6.45) is -1.98. The number of nitrogens with zero attached hydrogens (tertiary/aromatic N) is 1. The van der Waals surface area contributed by atoms with Crippen molar-refractivity contribution in [2.24, 2.45) is 0 Å². The van der Waals surface area contributed by atoms with E-state index in [4.69, 9.17) is 0 Å². The van der Waals surface area contributed by atoms with Gasteiger partial charge < -0.3 is 15.1 Å². The van der Waals surface area contributed by atoms with Gasteiger partial charge in [0.15, 0.2) is 0 Å². The summed E-state index contributed by atoms with van der Waals surface area (Å²) in [5.74, 6) is -0.803. The molecule has 4 atom stereocenters. The van der Waals surface area contributed by atoms with Crippen LogP contribution in [0.15, 0.2) is 60.7 Å². The maximum Gasteiger partial charge on any atom is 0.252 e. The first-order valence-corrected chi connectivity index (χ1v) is 7.34. The molecule has 0 radical (unpaired) electrons. The molecule has 4 nitrogen and oxygen atoms in total. The minimum atomic E-state index is -1.13. The van der Waals surface area contributed by atoms with Gasteiger partial charge in [-0.15, -0.1) is 0 Å². The highest BCUT2D eigenvalue weighted by Gasteiger charge is 2.49. The van der Waals surface area contributed by atoms with Crippen LogP contribution in [0.5, 0.6) is 0 Å². The fourth-order valence-electron chi connectivity index (χ4n) is 3.25. The predicted octanol–water partition coefficient (Wildman–Crippen LogP) is 1.71. The van der Waals surface area contributed by atoms with Crippen LogP contribution in [0, 0.1) is 0 Å². The average Bonchev–Trinajstić information content (AvgIpc) is 2.80. The summed E-state index contributed by atoms with van der Waals surface area (Å²) in [5.41, 5.74) is 1.59. The molecule has 0 saturated carbocycles. The van der Waals surface area contributed by atoms with Crippen LogP contribution in [0.25, 0.3) is 0 Å². The maximum atomic E-state index is 12.2. The Labute approximate surface area is 129 Å². The molecule has 2 aromatic rings. The summed E-state index contributed by atoms with van der Waals surface area (Å²) in [7, 11) is 1.63. The Morgan fingerprint density at radius 2 is 1.55 bits per heavy atom. The van der Waals surface area contributed by atoms with E-state index in [1.165, 1.54) is 4.90 Å². The van der Waals surface area contributed by atoms with Crippen molar-refractivity contribution in [1.29, 1.82) is 0 Å². The number of carbonyl (C=O) groups is 1. The quantitative estimate of drug-likeness (QED) is 0.906. The second-order valence-corrected chi connectivity index (χ2v) is 5.68.